The van der Waals surface area contributed by atoms with Crippen LogP contribution < -0.4 is 16.4 Å². The van der Waals surface area contributed by atoms with Gasteiger partial charge in [0.1, 0.15) is 0 Å². The van der Waals surface area contributed by atoms with Crippen LogP contribution >= 0.6 is 0 Å². The van der Waals surface area contributed by atoms with E-state index in [-0.39, 0.29) is 11.8 Å². The van der Waals surface area contributed by atoms with E-state index in [4.69, 9.17) is 5.73 Å². The Bertz CT molecular complexity index is 333. The molecule has 20 heavy (non-hydrogen) atoms. The first kappa shape index (κ1) is 14.3. The second kappa shape index (κ2) is 6.44. The Morgan fingerprint density at radius 1 is 1.00 bits per heavy atom. The number of hydrogen-bond donors (Lipinski definition) is 3. The normalized spacial score (nSPS) is 41.9. The summed E-state index contributed by atoms with van der Waals surface area (Å²) in [5, 5.41) is 7.60. The van der Waals surface area contributed by atoms with Crippen LogP contribution in [0.15, 0.2) is 0 Å². The van der Waals surface area contributed by atoms with Crippen molar-refractivity contribution in [2.45, 2.75) is 75.9 Å². The zero-order valence-corrected chi connectivity index (χ0v) is 12.4. The lowest BCUT2D eigenvalue weighted by Gasteiger charge is -2.33. The molecule has 2 aliphatic carbocycles. The topological polar surface area (TPSA) is 67.2 Å². The number of carbonyl (C=O) groups is 1. The van der Waals surface area contributed by atoms with Crippen LogP contribution in [0, 0.1) is 11.8 Å². The summed E-state index contributed by atoms with van der Waals surface area (Å²) < 4.78 is 0. The van der Waals surface area contributed by atoms with Crippen molar-refractivity contribution in [3.8, 4) is 0 Å². The largest absolute Gasteiger partial charge is 0.369 e. The third kappa shape index (κ3) is 3.17. The van der Waals surface area contributed by atoms with E-state index in [9.17, 15) is 4.79 Å². The number of nitrogens with one attached hydrogen (secondary N) is 2. The Morgan fingerprint density at radius 3 is 2.45 bits per heavy atom. The van der Waals surface area contributed by atoms with E-state index in [1.807, 2.05) is 0 Å². The molecule has 3 atom stereocenters. The van der Waals surface area contributed by atoms with Gasteiger partial charge in [-0.2, -0.15) is 0 Å². The van der Waals surface area contributed by atoms with Crippen LogP contribution in [0.2, 0.25) is 0 Å². The highest BCUT2D eigenvalue weighted by molar-refractivity contribution is 5.76. The van der Waals surface area contributed by atoms with Crippen LogP contribution in [0.1, 0.15) is 57.8 Å². The van der Waals surface area contributed by atoms with Gasteiger partial charge in [0, 0.05) is 24.0 Å². The lowest BCUT2D eigenvalue weighted by atomic mass is 9.84. The standard InChI is InChI=1S/C16H29N3O/c17-16(20)11-6-8-12(9-7-11)19-15-4-1-3-13(15)14-5-2-10-18-14/h11-15,18-19H,1-10H2,(H2,17,20). The van der Waals surface area contributed by atoms with E-state index in [0.717, 1.165) is 37.6 Å². The fraction of sp³-hybridized carbons (Fsp3) is 0.938. The Morgan fingerprint density at radius 2 is 1.80 bits per heavy atom. The third-order valence-electron chi connectivity index (χ3n) is 5.76. The molecule has 1 heterocycles. The van der Waals surface area contributed by atoms with Crippen LogP contribution in [0.3, 0.4) is 0 Å². The van der Waals surface area contributed by atoms with Crippen molar-refractivity contribution >= 4 is 5.91 Å². The van der Waals surface area contributed by atoms with Crippen molar-refractivity contribution in [1.29, 1.82) is 0 Å². The fourth-order valence-electron chi connectivity index (χ4n) is 4.60. The quantitative estimate of drug-likeness (QED) is 0.731. The van der Waals surface area contributed by atoms with Gasteiger partial charge in [-0.3, -0.25) is 4.79 Å². The first-order chi connectivity index (χ1) is 9.74. The van der Waals surface area contributed by atoms with Gasteiger partial charge >= 0.3 is 0 Å². The van der Waals surface area contributed by atoms with Crippen molar-refractivity contribution in [3.05, 3.63) is 0 Å². The van der Waals surface area contributed by atoms with E-state index in [2.05, 4.69) is 10.6 Å². The first-order valence-electron chi connectivity index (χ1n) is 8.53. The molecular weight excluding hydrogens is 250 g/mol. The third-order valence-corrected chi connectivity index (χ3v) is 5.76. The molecule has 0 aromatic heterocycles. The van der Waals surface area contributed by atoms with Crippen molar-refractivity contribution < 1.29 is 4.79 Å². The first-order valence-corrected chi connectivity index (χ1v) is 8.53. The zero-order chi connectivity index (χ0) is 13.9. The average Bonchev–Trinajstić information content (AvgIpc) is 3.09. The van der Waals surface area contributed by atoms with Gasteiger partial charge in [0.2, 0.25) is 5.91 Å². The van der Waals surface area contributed by atoms with Crippen molar-refractivity contribution in [1.82, 2.24) is 10.6 Å². The lowest BCUT2D eigenvalue weighted by molar-refractivity contribution is -0.122. The molecule has 4 heteroatoms. The molecule has 4 N–H and O–H groups in total. The van der Waals surface area contributed by atoms with E-state index >= 15 is 0 Å². The van der Waals surface area contributed by atoms with E-state index in [1.54, 1.807) is 0 Å². The second-order valence-electron chi connectivity index (χ2n) is 7.02. The van der Waals surface area contributed by atoms with Crippen LogP contribution in [0.4, 0.5) is 0 Å². The molecule has 3 rings (SSSR count). The van der Waals surface area contributed by atoms with E-state index < -0.39 is 0 Å². The predicted molar refractivity (Wildman–Crippen MR) is 80.2 cm³/mol. The molecule has 0 aromatic rings. The lowest BCUT2D eigenvalue weighted by Crippen LogP contribution is -2.47. The maximum atomic E-state index is 11.2. The summed E-state index contributed by atoms with van der Waals surface area (Å²) >= 11 is 0. The summed E-state index contributed by atoms with van der Waals surface area (Å²) in [5.74, 6) is 0.854. The van der Waals surface area contributed by atoms with Gasteiger partial charge in [0.25, 0.3) is 0 Å². The number of primary amides is 1. The van der Waals surface area contributed by atoms with Crippen molar-refractivity contribution in [2.24, 2.45) is 17.6 Å². The average molecular weight is 279 g/mol. The van der Waals surface area contributed by atoms with E-state index in [0.29, 0.717) is 12.1 Å². The van der Waals surface area contributed by atoms with Gasteiger partial charge in [-0.25, -0.2) is 0 Å². The minimum Gasteiger partial charge on any atom is -0.369 e. The highest BCUT2D eigenvalue weighted by Crippen LogP contribution is 2.33. The summed E-state index contributed by atoms with van der Waals surface area (Å²) in [6.07, 6.45) is 11.0. The minimum absolute atomic E-state index is 0.0997. The molecule has 3 fully saturated rings. The van der Waals surface area contributed by atoms with Gasteiger partial charge in [0.15, 0.2) is 0 Å². The number of hydrogen-bond acceptors (Lipinski definition) is 3. The van der Waals surface area contributed by atoms with Crippen LogP contribution in [0.25, 0.3) is 0 Å². The molecule has 1 saturated heterocycles. The fourth-order valence-corrected chi connectivity index (χ4v) is 4.60. The minimum atomic E-state index is -0.0997. The summed E-state index contributed by atoms with van der Waals surface area (Å²) in [6.45, 7) is 1.21. The van der Waals surface area contributed by atoms with Gasteiger partial charge in [-0.15, -0.1) is 0 Å². The molecule has 1 aliphatic heterocycles. The number of amides is 1. The molecule has 2 saturated carbocycles. The molecule has 0 spiro atoms. The summed E-state index contributed by atoms with van der Waals surface area (Å²) in [7, 11) is 0. The van der Waals surface area contributed by atoms with Crippen molar-refractivity contribution in [2.75, 3.05) is 6.54 Å². The predicted octanol–water partition coefficient (Wildman–Crippen LogP) is 1.54. The summed E-state index contributed by atoms with van der Waals surface area (Å²) in [6, 6.07) is 2.05. The van der Waals surface area contributed by atoms with Gasteiger partial charge in [-0.05, 0) is 63.8 Å². The highest BCUT2D eigenvalue weighted by atomic mass is 16.1. The molecular formula is C16H29N3O. The van der Waals surface area contributed by atoms with Gasteiger partial charge in [-0.1, -0.05) is 6.42 Å². The maximum absolute atomic E-state index is 11.2. The molecule has 0 radical (unpaired) electrons. The molecule has 3 unspecified atom stereocenters. The molecule has 0 bridgehead atoms. The molecule has 114 valence electrons. The highest BCUT2D eigenvalue weighted by Gasteiger charge is 2.36. The zero-order valence-electron chi connectivity index (χ0n) is 12.4. The van der Waals surface area contributed by atoms with Crippen LogP contribution in [0.5, 0.6) is 0 Å². The molecule has 0 aromatic carbocycles. The number of rotatable bonds is 4. The molecule has 1 amide bonds. The van der Waals surface area contributed by atoms with E-state index in [1.165, 1.54) is 38.6 Å². The smallest absolute Gasteiger partial charge is 0.220 e. The Kier molecular flexibility index (Phi) is 4.61. The van der Waals surface area contributed by atoms with Crippen molar-refractivity contribution in [3.63, 3.8) is 0 Å². The van der Waals surface area contributed by atoms with Gasteiger partial charge < -0.3 is 16.4 Å². The summed E-state index contributed by atoms with van der Waals surface area (Å²) in [4.78, 5) is 11.2. The molecule has 3 aliphatic rings. The SMILES string of the molecule is NC(=O)C1CCC(NC2CCCC2C2CCCN2)CC1. The van der Waals surface area contributed by atoms with Gasteiger partial charge in [0.05, 0.1) is 0 Å². The Hall–Kier alpha value is -0.610. The second-order valence-corrected chi connectivity index (χ2v) is 7.02. The monoisotopic (exact) mass is 279 g/mol. The maximum Gasteiger partial charge on any atom is 0.220 e. The van der Waals surface area contributed by atoms with Crippen LogP contribution in [-0.2, 0) is 4.79 Å². The number of carbonyl (C=O) groups excluding carboxylic acids is 1. The van der Waals surface area contributed by atoms with Crippen LogP contribution in [-0.4, -0.2) is 30.6 Å². The number of nitrogens with two attached hydrogens (primary N) is 1. The summed E-state index contributed by atoms with van der Waals surface area (Å²) in [5.41, 5.74) is 5.41. The molecule has 4 nitrogen and oxygen atoms in total. The Labute approximate surface area is 122 Å². The Balaban J connectivity index is 1.49.